The van der Waals surface area contributed by atoms with E-state index in [2.05, 4.69) is 19.9 Å². The highest BCUT2D eigenvalue weighted by Crippen LogP contribution is 2.42. The molecule has 3 atom stereocenters. The molecule has 1 aromatic carbocycles. The first-order valence-electron chi connectivity index (χ1n) is 8.76. The Bertz CT molecular complexity index is 618. The first-order chi connectivity index (χ1) is 11.9. The second-order valence-corrected chi connectivity index (χ2v) is 7.02. The first-order valence-corrected chi connectivity index (χ1v) is 8.76. The molecule has 5 nitrogen and oxygen atoms in total. The van der Waals surface area contributed by atoms with Gasteiger partial charge in [-0.3, -0.25) is 4.79 Å². The van der Waals surface area contributed by atoms with Gasteiger partial charge in [0, 0.05) is 12.5 Å². The van der Waals surface area contributed by atoms with Gasteiger partial charge in [-0.15, -0.1) is 0 Å². The Morgan fingerprint density at radius 3 is 2.60 bits per heavy atom. The first kappa shape index (κ1) is 19.3. The van der Waals surface area contributed by atoms with E-state index >= 15 is 0 Å². The molecule has 1 fully saturated rings. The van der Waals surface area contributed by atoms with E-state index in [4.69, 9.17) is 14.2 Å². The normalized spacial score (nSPS) is 21.6. The summed E-state index contributed by atoms with van der Waals surface area (Å²) in [5.74, 6) is -0.578. The van der Waals surface area contributed by atoms with Crippen LogP contribution in [0.1, 0.15) is 45.1 Å². The summed E-state index contributed by atoms with van der Waals surface area (Å²) in [4.78, 5) is 12.4. The van der Waals surface area contributed by atoms with Gasteiger partial charge in [0.1, 0.15) is 5.75 Å². The summed E-state index contributed by atoms with van der Waals surface area (Å²) in [6.45, 7) is 6.76. The smallest absolute Gasteiger partial charge is 0.323 e. The van der Waals surface area contributed by atoms with Crippen molar-refractivity contribution in [1.29, 1.82) is 5.26 Å². The molecule has 5 heteroatoms. The van der Waals surface area contributed by atoms with Crippen molar-refractivity contribution in [2.24, 2.45) is 11.8 Å². The molecule has 0 bridgehead atoms. The third kappa shape index (κ3) is 4.73. The molecular formula is C20H27NO4. The summed E-state index contributed by atoms with van der Waals surface area (Å²) in [6, 6.07) is 9.81. The van der Waals surface area contributed by atoms with Gasteiger partial charge < -0.3 is 14.2 Å². The fourth-order valence-corrected chi connectivity index (χ4v) is 3.66. The van der Waals surface area contributed by atoms with E-state index in [-0.39, 0.29) is 24.0 Å². The summed E-state index contributed by atoms with van der Waals surface area (Å²) in [5, 5.41) is 9.71. The van der Waals surface area contributed by atoms with E-state index in [1.165, 1.54) is 0 Å². The molecule has 1 aromatic rings. The minimum Gasteiger partial charge on any atom is -0.497 e. The molecule has 1 saturated heterocycles. The summed E-state index contributed by atoms with van der Waals surface area (Å²) in [5.41, 5.74) is 0.700. The zero-order chi connectivity index (χ0) is 18.4. The second kappa shape index (κ2) is 8.35. The summed E-state index contributed by atoms with van der Waals surface area (Å²) >= 11 is 0. The van der Waals surface area contributed by atoms with Crippen molar-refractivity contribution in [2.75, 3.05) is 20.3 Å². The summed E-state index contributed by atoms with van der Waals surface area (Å²) in [7, 11) is 1.62. The number of hydrogen-bond donors (Lipinski definition) is 0. The Kier molecular flexibility index (Phi) is 6.44. The molecule has 1 heterocycles. The molecule has 0 saturated carbocycles. The van der Waals surface area contributed by atoms with Crippen LogP contribution in [0.5, 0.6) is 5.75 Å². The molecule has 0 unspecified atom stereocenters. The predicted octanol–water partition coefficient (Wildman–Crippen LogP) is 3.69. The van der Waals surface area contributed by atoms with E-state index in [9.17, 15) is 10.1 Å². The zero-order valence-electron chi connectivity index (χ0n) is 15.5. The maximum absolute atomic E-state index is 12.4. The topological polar surface area (TPSA) is 68.6 Å². The number of ether oxygens (including phenoxy) is 3. The average molecular weight is 345 g/mol. The standard InChI is InChI=1S/C20H27NO4/c1-5-24-19(22)17(13-21)18(14-6-8-16(23-4)9-7-14)15-10-11-25-20(2,3)12-15/h6-9,15,17-18H,5,10-12H2,1-4H3/t15-,17-,18-/m1/s1. The molecule has 2 rings (SSSR count). The molecule has 0 radical (unpaired) electrons. The molecular weight excluding hydrogens is 318 g/mol. The highest BCUT2D eigenvalue weighted by molar-refractivity contribution is 5.76. The van der Waals surface area contributed by atoms with Crippen molar-refractivity contribution in [3.8, 4) is 11.8 Å². The van der Waals surface area contributed by atoms with Gasteiger partial charge in [0.2, 0.25) is 0 Å². The van der Waals surface area contributed by atoms with Crippen LogP contribution < -0.4 is 4.74 Å². The van der Waals surface area contributed by atoms with Crippen LogP contribution in [0, 0.1) is 23.2 Å². The van der Waals surface area contributed by atoms with Crippen LogP contribution in [0.3, 0.4) is 0 Å². The number of carbonyl (C=O) groups is 1. The highest BCUT2D eigenvalue weighted by atomic mass is 16.5. The third-order valence-electron chi connectivity index (χ3n) is 4.78. The molecule has 136 valence electrons. The minimum atomic E-state index is -0.827. The van der Waals surface area contributed by atoms with Crippen molar-refractivity contribution in [3.05, 3.63) is 29.8 Å². The lowest BCUT2D eigenvalue weighted by Gasteiger charge is -2.40. The minimum absolute atomic E-state index is 0.172. The number of carbonyl (C=O) groups excluding carboxylic acids is 1. The van der Waals surface area contributed by atoms with Crippen LogP contribution in [-0.2, 0) is 14.3 Å². The fraction of sp³-hybridized carbons (Fsp3) is 0.600. The van der Waals surface area contributed by atoms with E-state index in [0.29, 0.717) is 6.61 Å². The van der Waals surface area contributed by atoms with Gasteiger partial charge >= 0.3 is 5.97 Å². The SMILES string of the molecule is CCOC(=O)[C@H](C#N)[C@H](c1ccc(OC)cc1)[C@@H]1CCOC(C)(C)C1. The van der Waals surface area contributed by atoms with Crippen molar-refractivity contribution in [1.82, 2.24) is 0 Å². The van der Waals surface area contributed by atoms with Crippen molar-refractivity contribution in [2.45, 2.75) is 45.1 Å². The van der Waals surface area contributed by atoms with Gasteiger partial charge in [-0.2, -0.15) is 5.26 Å². The molecule has 0 spiro atoms. The predicted molar refractivity (Wildman–Crippen MR) is 94.2 cm³/mol. The Hall–Kier alpha value is -2.06. The Labute approximate surface area is 149 Å². The van der Waals surface area contributed by atoms with Crippen LogP contribution in [0.2, 0.25) is 0 Å². The fourth-order valence-electron chi connectivity index (χ4n) is 3.66. The Morgan fingerprint density at radius 2 is 2.08 bits per heavy atom. The van der Waals surface area contributed by atoms with Gasteiger partial charge in [-0.25, -0.2) is 0 Å². The lowest BCUT2D eigenvalue weighted by molar-refractivity contribution is -0.148. The zero-order valence-corrected chi connectivity index (χ0v) is 15.5. The number of nitriles is 1. The van der Waals surface area contributed by atoms with Crippen LogP contribution in [0.25, 0.3) is 0 Å². The lowest BCUT2D eigenvalue weighted by Crippen LogP contribution is -2.39. The van der Waals surface area contributed by atoms with Crippen molar-refractivity contribution >= 4 is 5.97 Å². The van der Waals surface area contributed by atoms with E-state index in [0.717, 1.165) is 24.2 Å². The van der Waals surface area contributed by atoms with Gasteiger partial charge in [-0.1, -0.05) is 12.1 Å². The molecule has 0 amide bonds. The quantitative estimate of drug-likeness (QED) is 0.736. The Balaban J connectivity index is 2.39. The number of nitrogens with zero attached hydrogens (tertiary/aromatic N) is 1. The monoisotopic (exact) mass is 345 g/mol. The van der Waals surface area contributed by atoms with Crippen molar-refractivity contribution in [3.63, 3.8) is 0 Å². The van der Waals surface area contributed by atoms with Gasteiger partial charge in [0.15, 0.2) is 5.92 Å². The maximum atomic E-state index is 12.4. The van der Waals surface area contributed by atoms with Crippen LogP contribution in [0.15, 0.2) is 24.3 Å². The molecule has 25 heavy (non-hydrogen) atoms. The number of benzene rings is 1. The molecule has 1 aliphatic rings. The van der Waals surface area contributed by atoms with E-state index < -0.39 is 11.9 Å². The number of methoxy groups -OCH3 is 1. The number of rotatable bonds is 6. The highest BCUT2D eigenvalue weighted by Gasteiger charge is 2.41. The summed E-state index contributed by atoms with van der Waals surface area (Å²) in [6.07, 6.45) is 1.61. The lowest BCUT2D eigenvalue weighted by atomic mass is 9.71. The molecule has 0 aromatic heterocycles. The Morgan fingerprint density at radius 1 is 1.40 bits per heavy atom. The number of hydrogen-bond acceptors (Lipinski definition) is 5. The maximum Gasteiger partial charge on any atom is 0.323 e. The molecule has 0 aliphatic carbocycles. The van der Waals surface area contributed by atoms with Crippen LogP contribution in [-0.4, -0.2) is 31.9 Å². The van der Waals surface area contributed by atoms with Crippen LogP contribution in [0.4, 0.5) is 0 Å². The van der Waals surface area contributed by atoms with Gasteiger partial charge in [0.05, 0.1) is 25.4 Å². The van der Waals surface area contributed by atoms with Crippen LogP contribution >= 0.6 is 0 Å². The van der Waals surface area contributed by atoms with Crippen molar-refractivity contribution < 1.29 is 19.0 Å². The largest absolute Gasteiger partial charge is 0.497 e. The molecule has 0 N–H and O–H groups in total. The third-order valence-corrected chi connectivity index (χ3v) is 4.78. The van der Waals surface area contributed by atoms with Gasteiger partial charge in [-0.05, 0) is 57.2 Å². The van der Waals surface area contributed by atoms with Gasteiger partial charge in [0.25, 0.3) is 0 Å². The van der Waals surface area contributed by atoms with E-state index in [1.807, 2.05) is 24.3 Å². The second-order valence-electron chi connectivity index (χ2n) is 7.02. The summed E-state index contributed by atoms with van der Waals surface area (Å²) < 4.78 is 16.2. The average Bonchev–Trinajstić information content (AvgIpc) is 2.59. The molecule has 1 aliphatic heterocycles. The number of esters is 1. The van der Waals surface area contributed by atoms with E-state index in [1.54, 1.807) is 14.0 Å².